The number of ether oxygens (including phenoxy) is 1. The van der Waals surface area contributed by atoms with E-state index in [0.717, 1.165) is 17.0 Å². The number of aromatic nitrogens is 4. The molecule has 0 bridgehead atoms. The first-order valence-electron chi connectivity index (χ1n) is 13.7. The number of alkyl halides is 1. The fourth-order valence-electron chi connectivity index (χ4n) is 5.66. The Balaban J connectivity index is 0.000000236. The zero-order valence-electron chi connectivity index (χ0n) is 22.9. The summed E-state index contributed by atoms with van der Waals surface area (Å²) in [5, 5.41) is 26.9. The number of β-lactam (4-membered cyclic amide) rings is 1. The third-order valence-corrected chi connectivity index (χ3v) is 10.4. The quantitative estimate of drug-likeness (QED) is 0.163. The van der Waals surface area contributed by atoms with Crippen LogP contribution >= 0.6 is 35.1 Å². The second kappa shape index (κ2) is 14.3. The lowest BCUT2D eigenvalue weighted by Gasteiger charge is -2.55. The van der Waals surface area contributed by atoms with Crippen molar-refractivity contribution in [1.29, 1.82) is 0 Å². The number of fused-ring (bicyclic) bond motifs is 1. The smallest absolute Gasteiger partial charge is 0.352 e. The van der Waals surface area contributed by atoms with Gasteiger partial charge in [-0.3, -0.25) is 14.5 Å². The molecule has 3 fully saturated rings. The highest BCUT2D eigenvalue weighted by atomic mass is 35.5. The molecule has 0 radical (unpaired) electrons. The van der Waals surface area contributed by atoms with Crippen LogP contribution in [0, 0.1) is 0 Å². The van der Waals surface area contributed by atoms with Gasteiger partial charge in [0.25, 0.3) is 11.6 Å². The number of thioether (sulfide) groups is 2. The summed E-state index contributed by atoms with van der Waals surface area (Å²) in [6.45, 7) is 0. The predicted molar refractivity (Wildman–Crippen MR) is 153 cm³/mol. The second-order valence-electron chi connectivity index (χ2n) is 10.4. The Labute approximate surface area is 247 Å². The van der Waals surface area contributed by atoms with E-state index in [1.165, 1.54) is 99.5 Å². The Morgan fingerprint density at radius 3 is 2.27 bits per heavy atom. The number of hydrogen-bond acceptors (Lipinski definition) is 10. The minimum atomic E-state index is -1.62. The molecule has 12 nitrogen and oxygen atoms in total. The third kappa shape index (κ3) is 6.94. The summed E-state index contributed by atoms with van der Waals surface area (Å²) in [7, 11) is 2.95. The van der Waals surface area contributed by atoms with Crippen molar-refractivity contribution in [1.82, 2.24) is 35.7 Å². The second-order valence-corrected chi connectivity index (χ2v) is 12.7. The fraction of sp³-hybridized carbons (Fsp3) is 0.760. The molecule has 3 N–H and O–H groups in total. The van der Waals surface area contributed by atoms with E-state index in [0.29, 0.717) is 22.2 Å². The van der Waals surface area contributed by atoms with E-state index in [4.69, 9.17) is 16.3 Å². The van der Waals surface area contributed by atoms with E-state index in [1.54, 1.807) is 7.05 Å². The van der Waals surface area contributed by atoms with Crippen molar-refractivity contribution in [3.05, 3.63) is 11.3 Å². The number of halogens is 1. The normalized spacial score (nSPS) is 25.5. The average Bonchev–Trinajstić information content (AvgIpc) is 3.39. The lowest BCUT2D eigenvalue weighted by molar-refractivity contribution is -0.192. The first kappa shape index (κ1) is 31.1. The van der Waals surface area contributed by atoms with E-state index < -0.39 is 28.9 Å². The first-order chi connectivity index (χ1) is 19.3. The van der Waals surface area contributed by atoms with Crippen LogP contribution < -0.4 is 10.6 Å². The summed E-state index contributed by atoms with van der Waals surface area (Å²) in [4.78, 5) is 37.4. The van der Waals surface area contributed by atoms with Crippen LogP contribution in [0.1, 0.15) is 64.2 Å². The number of nitrogens with zero attached hydrogens (tertiary/aromatic N) is 5. The lowest BCUT2D eigenvalue weighted by Crippen LogP contribution is -2.80. The van der Waals surface area contributed by atoms with Gasteiger partial charge in [-0.05, 0) is 41.7 Å². The van der Waals surface area contributed by atoms with Crippen LogP contribution in [-0.4, -0.2) is 95.7 Å². The molecular formula is C25H38ClN7O5S2. The van der Waals surface area contributed by atoms with Crippen molar-refractivity contribution in [2.75, 3.05) is 24.5 Å². The van der Waals surface area contributed by atoms with E-state index >= 15 is 0 Å². The zero-order chi connectivity index (χ0) is 28.7. The van der Waals surface area contributed by atoms with Gasteiger partial charge < -0.3 is 20.5 Å². The Morgan fingerprint density at radius 2 is 1.77 bits per heavy atom. The first-order valence-corrected chi connectivity index (χ1v) is 16.3. The van der Waals surface area contributed by atoms with Crippen LogP contribution in [-0.2, 0) is 26.2 Å². The van der Waals surface area contributed by atoms with Gasteiger partial charge in [-0.2, -0.15) is 0 Å². The molecule has 5 rings (SSSR count). The monoisotopic (exact) mass is 615 g/mol. The maximum Gasteiger partial charge on any atom is 0.352 e. The van der Waals surface area contributed by atoms with Crippen molar-refractivity contribution >= 4 is 52.9 Å². The average molecular weight is 616 g/mol. The Hall–Kier alpha value is -1.87. The number of amides is 2. The molecule has 2 saturated carbocycles. The van der Waals surface area contributed by atoms with Gasteiger partial charge >= 0.3 is 5.97 Å². The van der Waals surface area contributed by atoms with Gasteiger partial charge in [-0.25, -0.2) is 9.48 Å². The maximum absolute atomic E-state index is 12.7. The standard InChI is InChI=1S/C13H15ClN6O5S2.C12H23N/c1-19-12(16-17-18-19)27-5-6-4-26-11-13(25-2,15-7(21)3-14)10(24)20(11)8(6)9(22)23;1-3-7-11(8-4-1)13-12-9-5-2-6-10-12/h11H,3-5H2,1-2H3,(H,15,21)(H,22,23);11-13H,1-10H2/t11-,13+;/m1./s1. The molecule has 0 aromatic carbocycles. The molecule has 1 saturated heterocycles. The number of rotatable bonds is 9. The summed E-state index contributed by atoms with van der Waals surface area (Å²) in [6.07, 6.45) is 14.6. The largest absolute Gasteiger partial charge is 0.477 e. The van der Waals surface area contributed by atoms with E-state index in [1.807, 2.05) is 0 Å². The van der Waals surface area contributed by atoms with Crippen LogP contribution in [0.2, 0.25) is 0 Å². The van der Waals surface area contributed by atoms with Gasteiger partial charge in [0, 0.05) is 37.7 Å². The highest BCUT2D eigenvalue weighted by molar-refractivity contribution is 8.01. The molecule has 0 unspecified atom stereocenters. The van der Waals surface area contributed by atoms with Crippen molar-refractivity contribution < 1.29 is 24.2 Å². The SMILES string of the molecule is C1CCC(NC2CCCCC2)CC1.CO[C@@]1(NC(=O)CCl)C(=O)N2C(C(=O)O)=C(CSc3nnnn3C)CS[C@@H]21. The number of hydrogen-bond donors (Lipinski definition) is 3. The molecule has 1 aromatic rings. The number of aryl methyl sites for hydroxylation is 1. The van der Waals surface area contributed by atoms with Gasteiger partial charge in [0.15, 0.2) is 0 Å². The van der Waals surface area contributed by atoms with Gasteiger partial charge in [0.2, 0.25) is 11.1 Å². The molecule has 2 amide bonds. The summed E-state index contributed by atoms with van der Waals surface area (Å²) >= 11 is 8.07. The van der Waals surface area contributed by atoms with Crippen molar-refractivity contribution in [2.45, 2.75) is 92.5 Å². The highest BCUT2D eigenvalue weighted by Gasteiger charge is 2.66. The molecule has 2 atom stereocenters. The highest BCUT2D eigenvalue weighted by Crippen LogP contribution is 2.47. The van der Waals surface area contributed by atoms with Crippen LogP contribution in [0.25, 0.3) is 0 Å². The molecule has 4 aliphatic rings. The number of methoxy groups -OCH3 is 1. The lowest BCUT2D eigenvalue weighted by atomic mass is 9.91. The molecule has 0 spiro atoms. The van der Waals surface area contributed by atoms with Gasteiger partial charge in [0.05, 0.1) is 0 Å². The van der Waals surface area contributed by atoms with Gasteiger partial charge in [-0.15, -0.1) is 28.5 Å². The summed E-state index contributed by atoms with van der Waals surface area (Å²) in [5.74, 6) is -2.16. The Kier molecular flexibility index (Phi) is 11.1. The number of nitrogens with one attached hydrogen (secondary N) is 2. The number of aliphatic carboxylic acids is 1. The predicted octanol–water partition coefficient (Wildman–Crippen LogP) is 2.50. The number of carboxylic acids is 1. The van der Waals surface area contributed by atoms with E-state index in [-0.39, 0.29) is 11.6 Å². The number of carbonyl (C=O) groups excluding carboxylic acids is 2. The summed E-state index contributed by atoms with van der Waals surface area (Å²) in [5.41, 5.74) is -1.18. The fourth-order valence-corrected chi connectivity index (χ4v) is 8.16. The number of tetrazole rings is 1. The minimum Gasteiger partial charge on any atom is -0.477 e. The number of carboxylic acid groups (broad SMARTS) is 1. The molecule has 2 aliphatic heterocycles. The number of carbonyl (C=O) groups is 3. The third-order valence-electron chi connectivity index (χ3n) is 7.72. The topological polar surface area (TPSA) is 152 Å². The molecule has 40 heavy (non-hydrogen) atoms. The van der Waals surface area contributed by atoms with E-state index in [2.05, 4.69) is 26.2 Å². The van der Waals surface area contributed by atoms with Crippen LogP contribution in [0.4, 0.5) is 0 Å². The molecule has 1 aromatic heterocycles. The Morgan fingerprint density at radius 1 is 1.15 bits per heavy atom. The van der Waals surface area contributed by atoms with Crippen LogP contribution in [0.15, 0.2) is 16.4 Å². The molecular weight excluding hydrogens is 578 g/mol. The van der Waals surface area contributed by atoms with Crippen LogP contribution in [0.5, 0.6) is 0 Å². The van der Waals surface area contributed by atoms with Crippen molar-refractivity contribution in [2.24, 2.45) is 7.05 Å². The molecule has 2 aliphatic carbocycles. The van der Waals surface area contributed by atoms with E-state index in [9.17, 15) is 19.5 Å². The van der Waals surface area contributed by atoms with Crippen molar-refractivity contribution in [3.63, 3.8) is 0 Å². The summed E-state index contributed by atoms with van der Waals surface area (Å²) in [6, 6.07) is 1.74. The summed E-state index contributed by atoms with van der Waals surface area (Å²) < 4.78 is 6.74. The Bertz CT molecular complexity index is 1080. The maximum atomic E-state index is 12.7. The molecule has 222 valence electrons. The van der Waals surface area contributed by atoms with Crippen molar-refractivity contribution in [3.8, 4) is 0 Å². The molecule has 15 heteroatoms. The van der Waals surface area contributed by atoms with Gasteiger partial charge in [-0.1, -0.05) is 50.3 Å². The zero-order valence-corrected chi connectivity index (χ0v) is 25.3. The van der Waals surface area contributed by atoms with Crippen LogP contribution in [0.3, 0.4) is 0 Å². The minimum absolute atomic E-state index is 0.112. The van der Waals surface area contributed by atoms with Gasteiger partial charge in [0.1, 0.15) is 17.0 Å². The molecule has 3 heterocycles.